The highest BCUT2D eigenvalue weighted by molar-refractivity contribution is 5.95. The van der Waals surface area contributed by atoms with Crippen LogP contribution in [-0.4, -0.2) is 38.7 Å². The lowest BCUT2D eigenvalue weighted by molar-refractivity contribution is 0.0880. The maximum Gasteiger partial charge on any atom is 0.254 e. The fourth-order valence-corrected chi connectivity index (χ4v) is 3.88. The molecule has 0 radical (unpaired) electrons. The zero-order valence-electron chi connectivity index (χ0n) is 17.3. The molecule has 2 aromatic heterocycles. The van der Waals surface area contributed by atoms with E-state index in [0.717, 1.165) is 37.1 Å². The molecule has 3 aromatic rings. The Labute approximate surface area is 180 Å². The van der Waals surface area contributed by atoms with Crippen molar-refractivity contribution >= 4 is 11.8 Å². The first-order valence-electron chi connectivity index (χ1n) is 10.4. The van der Waals surface area contributed by atoms with Crippen molar-refractivity contribution in [1.82, 2.24) is 20.1 Å². The standard InChI is InChI=1S/C23H25N5O3/c1-15-20(14-26-28(15)17-6-3-2-4-7-17)22(30)27-16-9-11-18(12-10-16)31-23-19(21(24)29)8-5-13-25-23/h2-8,13-14,16,18H,9-12H2,1H3,(H2,24,29)(H,27,30). The van der Waals surface area contributed by atoms with Crippen LogP contribution in [-0.2, 0) is 0 Å². The number of carbonyl (C=O) groups excluding carboxylic acids is 2. The summed E-state index contributed by atoms with van der Waals surface area (Å²) in [5, 5.41) is 7.49. The van der Waals surface area contributed by atoms with Crippen molar-refractivity contribution in [2.45, 2.75) is 44.8 Å². The summed E-state index contributed by atoms with van der Waals surface area (Å²) in [5.41, 5.74) is 7.96. The minimum Gasteiger partial charge on any atom is -0.474 e. The van der Waals surface area contributed by atoms with E-state index in [-0.39, 0.29) is 29.5 Å². The van der Waals surface area contributed by atoms with Crippen molar-refractivity contribution in [3.63, 3.8) is 0 Å². The lowest BCUT2D eigenvalue weighted by atomic mass is 9.92. The number of nitrogens with two attached hydrogens (primary N) is 1. The van der Waals surface area contributed by atoms with Crippen molar-refractivity contribution in [3.05, 3.63) is 71.7 Å². The number of ether oxygens (including phenoxy) is 1. The van der Waals surface area contributed by atoms with Gasteiger partial charge < -0.3 is 15.8 Å². The topological polar surface area (TPSA) is 112 Å². The number of pyridine rings is 1. The molecule has 1 fully saturated rings. The van der Waals surface area contributed by atoms with E-state index in [2.05, 4.69) is 15.4 Å². The van der Waals surface area contributed by atoms with Gasteiger partial charge in [-0.15, -0.1) is 0 Å². The number of hydrogen-bond donors (Lipinski definition) is 2. The molecule has 0 saturated heterocycles. The summed E-state index contributed by atoms with van der Waals surface area (Å²) in [6, 6.07) is 13.0. The highest BCUT2D eigenvalue weighted by Crippen LogP contribution is 2.25. The largest absolute Gasteiger partial charge is 0.474 e. The average molecular weight is 419 g/mol. The maximum atomic E-state index is 12.8. The first kappa shape index (κ1) is 20.6. The van der Waals surface area contributed by atoms with E-state index in [4.69, 9.17) is 10.5 Å². The number of primary amides is 1. The Morgan fingerprint density at radius 1 is 1.06 bits per heavy atom. The fourth-order valence-electron chi connectivity index (χ4n) is 3.88. The van der Waals surface area contributed by atoms with E-state index in [1.165, 1.54) is 0 Å². The summed E-state index contributed by atoms with van der Waals surface area (Å²) in [6.07, 6.45) is 6.18. The Bertz CT molecular complexity index is 1070. The van der Waals surface area contributed by atoms with E-state index in [1.54, 1.807) is 29.2 Å². The number of para-hydroxylation sites is 1. The van der Waals surface area contributed by atoms with Gasteiger partial charge in [-0.25, -0.2) is 9.67 Å². The highest BCUT2D eigenvalue weighted by Gasteiger charge is 2.26. The molecule has 2 heterocycles. The van der Waals surface area contributed by atoms with Crippen molar-refractivity contribution in [2.24, 2.45) is 5.73 Å². The van der Waals surface area contributed by atoms with Gasteiger partial charge in [0.15, 0.2) is 0 Å². The zero-order valence-corrected chi connectivity index (χ0v) is 17.3. The molecule has 1 aromatic carbocycles. The Hall–Kier alpha value is -3.68. The molecule has 1 saturated carbocycles. The third-order valence-electron chi connectivity index (χ3n) is 5.58. The van der Waals surface area contributed by atoms with E-state index >= 15 is 0 Å². The van der Waals surface area contributed by atoms with E-state index in [1.807, 2.05) is 37.3 Å². The van der Waals surface area contributed by atoms with Crippen LogP contribution in [0.4, 0.5) is 0 Å². The van der Waals surface area contributed by atoms with Gasteiger partial charge in [0, 0.05) is 12.2 Å². The van der Waals surface area contributed by atoms with E-state index in [0.29, 0.717) is 5.56 Å². The molecule has 2 amide bonds. The summed E-state index contributed by atoms with van der Waals surface area (Å²) in [7, 11) is 0. The molecule has 1 aliphatic rings. The van der Waals surface area contributed by atoms with Crippen molar-refractivity contribution in [1.29, 1.82) is 0 Å². The number of carbonyl (C=O) groups is 2. The first-order chi connectivity index (χ1) is 15.0. The van der Waals surface area contributed by atoms with Crippen LogP contribution in [0.5, 0.6) is 5.88 Å². The lowest BCUT2D eigenvalue weighted by Crippen LogP contribution is -2.40. The monoisotopic (exact) mass is 419 g/mol. The SMILES string of the molecule is Cc1c(C(=O)NC2CCC(Oc3ncccc3C(N)=O)CC2)cnn1-c1ccccc1. The molecule has 31 heavy (non-hydrogen) atoms. The second kappa shape index (κ2) is 8.99. The predicted molar refractivity (Wildman–Crippen MR) is 115 cm³/mol. The minimum absolute atomic E-state index is 0.0613. The first-order valence-corrected chi connectivity index (χ1v) is 10.4. The highest BCUT2D eigenvalue weighted by atomic mass is 16.5. The Kier molecular flexibility index (Phi) is 5.97. The molecule has 0 aliphatic heterocycles. The van der Waals surface area contributed by atoms with Crippen LogP contribution in [0.2, 0.25) is 0 Å². The third kappa shape index (κ3) is 4.58. The second-order valence-corrected chi connectivity index (χ2v) is 7.68. The van der Waals surface area contributed by atoms with Crippen molar-refractivity contribution in [3.8, 4) is 11.6 Å². The molecular formula is C23H25N5O3. The van der Waals surface area contributed by atoms with Crippen molar-refractivity contribution < 1.29 is 14.3 Å². The second-order valence-electron chi connectivity index (χ2n) is 7.68. The molecule has 4 rings (SSSR count). The number of rotatable bonds is 6. The number of nitrogens with one attached hydrogen (secondary N) is 1. The van der Waals surface area contributed by atoms with Crippen LogP contribution < -0.4 is 15.8 Å². The van der Waals surface area contributed by atoms with Gasteiger partial charge in [-0.2, -0.15) is 5.10 Å². The average Bonchev–Trinajstić information content (AvgIpc) is 3.17. The van der Waals surface area contributed by atoms with Crippen LogP contribution in [0.1, 0.15) is 52.1 Å². The van der Waals surface area contributed by atoms with Crippen LogP contribution in [0.15, 0.2) is 54.9 Å². The number of amides is 2. The van der Waals surface area contributed by atoms with Gasteiger partial charge in [-0.3, -0.25) is 9.59 Å². The molecule has 0 bridgehead atoms. The van der Waals surface area contributed by atoms with Crippen LogP contribution in [0.25, 0.3) is 5.69 Å². The van der Waals surface area contributed by atoms with Gasteiger partial charge in [0.05, 0.1) is 23.1 Å². The third-order valence-corrected chi connectivity index (χ3v) is 5.58. The molecule has 1 aliphatic carbocycles. The number of aromatic nitrogens is 3. The Balaban J connectivity index is 1.34. The molecular weight excluding hydrogens is 394 g/mol. The quantitative estimate of drug-likeness (QED) is 0.638. The number of benzene rings is 1. The molecule has 3 N–H and O–H groups in total. The number of hydrogen-bond acceptors (Lipinski definition) is 5. The Morgan fingerprint density at radius 2 is 1.81 bits per heavy atom. The molecule has 0 atom stereocenters. The maximum absolute atomic E-state index is 12.8. The number of nitrogens with zero attached hydrogens (tertiary/aromatic N) is 3. The van der Waals surface area contributed by atoms with Gasteiger partial charge in [0.25, 0.3) is 11.8 Å². The van der Waals surface area contributed by atoms with Crippen LogP contribution >= 0.6 is 0 Å². The smallest absolute Gasteiger partial charge is 0.254 e. The zero-order chi connectivity index (χ0) is 21.8. The normalized spacial score (nSPS) is 18.4. The van der Waals surface area contributed by atoms with Gasteiger partial charge in [0.2, 0.25) is 5.88 Å². The molecule has 0 unspecified atom stereocenters. The summed E-state index contributed by atoms with van der Waals surface area (Å²) >= 11 is 0. The molecule has 160 valence electrons. The summed E-state index contributed by atoms with van der Waals surface area (Å²) in [5.74, 6) is -0.410. The van der Waals surface area contributed by atoms with E-state index in [9.17, 15) is 9.59 Å². The van der Waals surface area contributed by atoms with E-state index < -0.39 is 5.91 Å². The summed E-state index contributed by atoms with van der Waals surface area (Å²) < 4.78 is 7.69. The minimum atomic E-state index is -0.560. The van der Waals surface area contributed by atoms with Gasteiger partial charge in [0.1, 0.15) is 11.7 Å². The van der Waals surface area contributed by atoms with Crippen LogP contribution in [0, 0.1) is 6.92 Å². The molecule has 8 heteroatoms. The molecule has 8 nitrogen and oxygen atoms in total. The van der Waals surface area contributed by atoms with Gasteiger partial charge in [-0.1, -0.05) is 18.2 Å². The molecule has 0 spiro atoms. The van der Waals surface area contributed by atoms with Gasteiger partial charge >= 0.3 is 0 Å². The lowest BCUT2D eigenvalue weighted by Gasteiger charge is -2.29. The summed E-state index contributed by atoms with van der Waals surface area (Å²) in [6.45, 7) is 1.89. The van der Waals surface area contributed by atoms with Gasteiger partial charge in [-0.05, 0) is 56.9 Å². The predicted octanol–water partition coefficient (Wildman–Crippen LogP) is 2.79. The Morgan fingerprint density at radius 3 is 2.52 bits per heavy atom. The summed E-state index contributed by atoms with van der Waals surface area (Å²) in [4.78, 5) is 28.5. The van der Waals surface area contributed by atoms with Crippen molar-refractivity contribution in [2.75, 3.05) is 0 Å². The fraction of sp³-hybridized carbons (Fsp3) is 0.304. The van der Waals surface area contributed by atoms with Crippen LogP contribution in [0.3, 0.4) is 0 Å².